The molecule has 0 spiro atoms. The van der Waals surface area contributed by atoms with Gasteiger partial charge in [0.1, 0.15) is 0 Å². The Morgan fingerprint density at radius 2 is 0.648 bits per heavy atom. The Hall–Kier alpha value is -7.32. The maximum Gasteiger partial charge on any atom is 0.373 e. The van der Waals surface area contributed by atoms with Gasteiger partial charge in [-0.3, -0.25) is 17.7 Å². The summed E-state index contributed by atoms with van der Waals surface area (Å²) in [6, 6.07) is 40.0. The number of aliphatic carboxylic acids is 1. The molecular formula is C70H92N6O12S3. The number of anilines is 3. The van der Waals surface area contributed by atoms with E-state index in [4.69, 9.17) is 24.3 Å². The first-order chi connectivity index (χ1) is 43.6. The molecular weight excluding hydrogens is 1210 g/mol. The second-order valence-corrected chi connectivity index (χ2v) is 29.0. The van der Waals surface area contributed by atoms with E-state index in [1.54, 1.807) is 39.3 Å². The molecule has 0 saturated carbocycles. The second kappa shape index (κ2) is 36.7. The predicted octanol–water partition coefficient (Wildman–Crippen LogP) is 13.0. The number of rotatable bonds is 24. The first kappa shape index (κ1) is 74.4. The molecule has 0 aromatic heterocycles. The molecule has 0 amide bonds. The topological polar surface area (TPSA) is 254 Å². The standard InChI is InChI=1S/C24H32N2O4S.2C22H30N2O2S.2CO2/c1-18-14-15-20-22(17-18)31(29,30)26(2)21-12-9-8-11-19(21)24(20)25-16-10-6-4-3-5-7-13-23(27)28;2*1-4-5-6-7-10-15-23-22-18-11-8-9-12-20(18)24(3)27(25,26)21-16-17(2)13-14-19(21)22;2*2-1-3/h8-9,11-12,14-15,17,24-25H,3-7,10,13,16H2,1-2H3,(H,27,28);2*8-9,11-14,16,22-23H,4-7,10,15H2,1-3H3;;. The molecule has 3 atom stereocenters. The maximum atomic E-state index is 13.3. The normalized spacial score (nSPS) is 16.6. The molecule has 3 unspecified atom stereocenters. The molecule has 0 radical (unpaired) electrons. The van der Waals surface area contributed by atoms with Gasteiger partial charge in [-0.15, -0.1) is 0 Å². The van der Waals surface area contributed by atoms with Crippen molar-refractivity contribution in [2.24, 2.45) is 0 Å². The molecule has 0 fully saturated rings. The van der Waals surface area contributed by atoms with Gasteiger partial charge in [-0.05, 0) is 153 Å². The van der Waals surface area contributed by atoms with Crippen molar-refractivity contribution in [3.05, 3.63) is 177 Å². The van der Waals surface area contributed by atoms with Gasteiger partial charge in [0.2, 0.25) is 0 Å². The number of hydrogen-bond acceptors (Lipinski definition) is 14. The van der Waals surface area contributed by atoms with Crippen molar-refractivity contribution in [3.63, 3.8) is 0 Å². The summed E-state index contributed by atoms with van der Waals surface area (Å²) in [5.41, 5.74) is 10.5. The van der Waals surface area contributed by atoms with Crippen LogP contribution in [0, 0.1) is 20.8 Å². The van der Waals surface area contributed by atoms with Crippen LogP contribution in [0.3, 0.4) is 0 Å². The predicted molar refractivity (Wildman–Crippen MR) is 357 cm³/mol. The molecule has 18 nitrogen and oxygen atoms in total. The Morgan fingerprint density at radius 3 is 0.923 bits per heavy atom. The number of para-hydroxylation sites is 3. The van der Waals surface area contributed by atoms with Crippen LogP contribution in [0.1, 0.15) is 191 Å². The van der Waals surface area contributed by atoms with Gasteiger partial charge in [-0.1, -0.05) is 182 Å². The molecule has 0 bridgehead atoms. The number of benzene rings is 6. The molecule has 0 aliphatic carbocycles. The lowest BCUT2D eigenvalue weighted by atomic mass is 9.96. The van der Waals surface area contributed by atoms with Gasteiger partial charge in [0.05, 0.1) is 49.9 Å². The average molecular weight is 1310 g/mol. The van der Waals surface area contributed by atoms with Crippen molar-refractivity contribution in [2.75, 3.05) is 53.7 Å². The van der Waals surface area contributed by atoms with E-state index >= 15 is 0 Å². The Kier molecular flexibility index (Phi) is 30.0. The summed E-state index contributed by atoms with van der Waals surface area (Å²) in [6.45, 7) is 12.7. The fourth-order valence-corrected chi connectivity index (χ4v) is 16.3. The van der Waals surface area contributed by atoms with Gasteiger partial charge in [-0.2, -0.15) is 19.2 Å². The lowest BCUT2D eigenvalue weighted by Crippen LogP contribution is -2.26. The number of carboxylic acids is 1. The van der Waals surface area contributed by atoms with Gasteiger partial charge >= 0.3 is 18.3 Å². The second-order valence-electron chi connectivity index (χ2n) is 23.1. The number of carbonyl (C=O) groups is 1. The van der Waals surface area contributed by atoms with Gasteiger partial charge in [-0.25, -0.2) is 25.3 Å². The van der Waals surface area contributed by atoms with Crippen LogP contribution in [0.15, 0.2) is 142 Å². The average Bonchev–Trinajstić information content (AvgIpc) is 1.66. The van der Waals surface area contributed by atoms with Crippen LogP contribution in [0.4, 0.5) is 17.1 Å². The highest BCUT2D eigenvalue weighted by molar-refractivity contribution is 7.93. The van der Waals surface area contributed by atoms with Crippen LogP contribution < -0.4 is 28.9 Å². The van der Waals surface area contributed by atoms with Gasteiger partial charge in [0.25, 0.3) is 30.1 Å². The van der Waals surface area contributed by atoms with Crippen molar-refractivity contribution < 1.29 is 54.3 Å². The molecule has 21 heteroatoms. The molecule has 6 aromatic carbocycles. The minimum absolute atomic E-state index is 0.122. The van der Waals surface area contributed by atoms with Crippen LogP contribution in [0.2, 0.25) is 0 Å². The van der Waals surface area contributed by atoms with Crippen LogP contribution >= 0.6 is 0 Å². The summed E-state index contributed by atoms with van der Waals surface area (Å²) >= 11 is 0. The number of fused-ring (bicyclic) bond motifs is 6. The maximum absolute atomic E-state index is 13.3. The highest BCUT2D eigenvalue weighted by Crippen LogP contribution is 2.43. The Labute approximate surface area is 540 Å². The van der Waals surface area contributed by atoms with E-state index in [0.29, 0.717) is 20.4 Å². The molecule has 492 valence electrons. The zero-order valence-corrected chi connectivity index (χ0v) is 56.5. The Morgan fingerprint density at radius 1 is 0.396 bits per heavy atom. The monoisotopic (exact) mass is 1300 g/mol. The van der Waals surface area contributed by atoms with Crippen LogP contribution in [0.5, 0.6) is 0 Å². The zero-order chi connectivity index (χ0) is 66.7. The van der Waals surface area contributed by atoms with E-state index in [-0.39, 0.29) is 36.8 Å². The number of carboxylic acid groups (broad SMARTS) is 1. The minimum Gasteiger partial charge on any atom is -0.481 e. The van der Waals surface area contributed by atoms with E-state index in [1.165, 1.54) is 64.3 Å². The van der Waals surface area contributed by atoms with Gasteiger partial charge in [0, 0.05) is 27.6 Å². The van der Waals surface area contributed by atoms with E-state index in [1.807, 2.05) is 130 Å². The minimum atomic E-state index is -3.63. The summed E-state index contributed by atoms with van der Waals surface area (Å²) in [4.78, 5) is 44.2. The van der Waals surface area contributed by atoms with Gasteiger partial charge < -0.3 is 21.1 Å². The molecule has 9 rings (SSSR count). The summed E-state index contributed by atoms with van der Waals surface area (Å²) < 4.78 is 83.7. The number of carbonyl (C=O) groups excluding carboxylic acids is 4. The first-order valence-electron chi connectivity index (χ1n) is 31.5. The SMILES string of the molecule is CCCCCCCNC1c2ccccc2N(C)S(=O)(=O)c2cc(C)ccc21.CCCCCCCNC1c2ccccc2N(C)S(=O)(=O)c2cc(C)ccc21.Cc1ccc2c(c1)S(=O)(=O)N(C)c1ccccc1C2NCCCCCCCCC(=O)O.O=C=O.O=C=O. The molecule has 4 N–H and O–H groups in total. The largest absolute Gasteiger partial charge is 0.481 e. The number of sulfonamides is 3. The molecule has 6 aromatic rings. The quantitative estimate of drug-likeness (QED) is 0.0411. The first-order valence-corrected chi connectivity index (χ1v) is 35.9. The smallest absolute Gasteiger partial charge is 0.373 e. The lowest BCUT2D eigenvalue weighted by molar-refractivity contribution is -0.193. The highest BCUT2D eigenvalue weighted by Gasteiger charge is 2.38. The Balaban J connectivity index is 0.000000238. The van der Waals surface area contributed by atoms with Crippen LogP contribution in [-0.2, 0) is 54.0 Å². The van der Waals surface area contributed by atoms with Crippen molar-refractivity contribution in [1.82, 2.24) is 16.0 Å². The summed E-state index contributed by atoms with van der Waals surface area (Å²) in [5, 5.41) is 19.6. The summed E-state index contributed by atoms with van der Waals surface area (Å²) in [5.74, 6) is -0.726. The number of nitrogens with zero attached hydrogens (tertiary/aromatic N) is 3. The molecule has 3 heterocycles. The Bertz CT molecular complexity index is 3600. The summed E-state index contributed by atoms with van der Waals surface area (Å²) in [7, 11) is -5.87. The number of unbranched alkanes of at least 4 members (excludes halogenated alkanes) is 13. The van der Waals surface area contributed by atoms with Crippen molar-refractivity contribution in [1.29, 1.82) is 0 Å². The molecule has 3 aliphatic heterocycles. The highest BCUT2D eigenvalue weighted by atomic mass is 32.2. The third kappa shape index (κ3) is 19.8. The van der Waals surface area contributed by atoms with E-state index in [2.05, 4.69) is 29.8 Å². The lowest BCUT2D eigenvalue weighted by Gasteiger charge is -2.22. The van der Waals surface area contributed by atoms with Crippen molar-refractivity contribution in [2.45, 2.75) is 177 Å². The number of hydrogen-bond donors (Lipinski definition) is 4. The molecule has 91 heavy (non-hydrogen) atoms. The third-order valence-electron chi connectivity index (χ3n) is 16.5. The fraction of sp³-hybridized carbons (Fsp3) is 0.443. The van der Waals surface area contributed by atoms with Gasteiger partial charge in [0.15, 0.2) is 0 Å². The van der Waals surface area contributed by atoms with E-state index in [9.17, 15) is 30.0 Å². The van der Waals surface area contributed by atoms with E-state index in [0.717, 1.165) is 132 Å². The zero-order valence-electron chi connectivity index (χ0n) is 54.0. The van der Waals surface area contributed by atoms with E-state index < -0.39 is 36.0 Å². The number of nitrogens with one attached hydrogen (secondary N) is 3. The molecule has 3 aliphatic rings. The summed E-state index contributed by atoms with van der Waals surface area (Å²) in [6.07, 6.45) is 18.8. The fourth-order valence-electron chi connectivity index (χ4n) is 11.7. The molecule has 0 saturated heterocycles. The van der Waals surface area contributed by atoms with Crippen LogP contribution in [-0.4, -0.2) is 89.4 Å². The third-order valence-corrected chi connectivity index (χ3v) is 22.0. The number of aryl methyl sites for hydroxylation is 3. The van der Waals surface area contributed by atoms with Crippen molar-refractivity contribution in [3.8, 4) is 0 Å². The van der Waals surface area contributed by atoms with Crippen molar-refractivity contribution >= 4 is 65.4 Å². The van der Waals surface area contributed by atoms with Crippen LogP contribution in [0.25, 0.3) is 0 Å².